The Kier molecular flexibility index (Phi) is 5.92. The largest absolute Gasteiger partial charge is 0.493 e. The van der Waals surface area contributed by atoms with Crippen LogP contribution in [0, 0.1) is 5.82 Å². The van der Waals surface area contributed by atoms with E-state index in [2.05, 4.69) is 4.90 Å². The normalized spacial score (nSPS) is 17.1. The minimum absolute atomic E-state index is 0.0159. The topological polar surface area (TPSA) is 54.4 Å². The molecule has 6 nitrogen and oxygen atoms in total. The van der Waals surface area contributed by atoms with Gasteiger partial charge in [-0.05, 0) is 48.9 Å². The van der Waals surface area contributed by atoms with Crippen molar-refractivity contribution in [3.05, 3.63) is 83.7 Å². The zero-order valence-electron chi connectivity index (χ0n) is 19.2. The first kappa shape index (κ1) is 21.9. The van der Waals surface area contributed by atoms with Crippen molar-refractivity contribution in [2.75, 3.05) is 26.7 Å². The fourth-order valence-corrected chi connectivity index (χ4v) is 4.52. The number of carbonyl (C=O) groups is 1. The number of piperazine rings is 1. The molecule has 2 aliphatic heterocycles. The number of carbonyl (C=O) groups excluding carboxylic acids is 1. The third kappa shape index (κ3) is 4.21. The number of hydrogen-bond acceptors (Lipinski definition) is 5. The van der Waals surface area contributed by atoms with Crippen LogP contribution in [0.3, 0.4) is 0 Å². The maximum Gasteiger partial charge on any atom is 0.227 e. The van der Waals surface area contributed by atoms with Gasteiger partial charge in [0.1, 0.15) is 17.3 Å². The highest BCUT2D eigenvalue weighted by Crippen LogP contribution is 2.42. The van der Waals surface area contributed by atoms with Crippen LogP contribution in [-0.2, 0) is 11.2 Å². The molecule has 3 aromatic rings. The third-order valence-corrected chi connectivity index (χ3v) is 6.26. The van der Waals surface area contributed by atoms with Crippen LogP contribution in [0.5, 0.6) is 17.2 Å². The molecule has 3 aromatic carbocycles. The van der Waals surface area contributed by atoms with E-state index in [9.17, 15) is 9.18 Å². The molecule has 1 amide bonds. The highest BCUT2D eigenvalue weighted by Gasteiger charge is 2.32. The van der Waals surface area contributed by atoms with Crippen molar-refractivity contribution in [3.63, 3.8) is 0 Å². The molecule has 0 aliphatic carbocycles. The first-order chi connectivity index (χ1) is 16.5. The monoisotopic (exact) mass is 459 g/mol. The second kappa shape index (κ2) is 9.17. The highest BCUT2D eigenvalue weighted by molar-refractivity contribution is 6.04. The zero-order chi connectivity index (χ0) is 23.7. The molecule has 0 N–H and O–H groups in total. The van der Waals surface area contributed by atoms with Gasteiger partial charge in [0.15, 0.2) is 17.2 Å². The molecule has 7 heteroatoms. The Morgan fingerprint density at radius 1 is 1.09 bits per heavy atom. The number of aliphatic imine (C=N–C) groups is 1. The standard InChI is InChI=1S/C27H26FN3O3/c1-18-17-30(14-15-31(18)25(32)16-19-10-12-20(28)13-11-19)27-21-6-5-9-24(33-2)26(21)34-23-8-4-3-7-22(23)29-27/h3-13,18H,14-17H2,1-2H3. The molecule has 2 aliphatic rings. The lowest BCUT2D eigenvalue weighted by Crippen LogP contribution is -2.55. The number of rotatable bonds is 3. The molecule has 5 rings (SSSR count). The second-order valence-corrected chi connectivity index (χ2v) is 8.53. The predicted octanol–water partition coefficient (Wildman–Crippen LogP) is 4.79. The van der Waals surface area contributed by atoms with Crippen molar-refractivity contribution in [2.45, 2.75) is 19.4 Å². The fourth-order valence-electron chi connectivity index (χ4n) is 4.52. The van der Waals surface area contributed by atoms with E-state index >= 15 is 0 Å². The van der Waals surface area contributed by atoms with Gasteiger partial charge in [0.05, 0.1) is 19.1 Å². The summed E-state index contributed by atoms with van der Waals surface area (Å²) in [4.78, 5) is 22.1. The lowest BCUT2D eigenvalue weighted by Gasteiger charge is -2.41. The molecular formula is C27H26FN3O3. The summed E-state index contributed by atoms with van der Waals surface area (Å²) in [5.74, 6) is 2.49. The first-order valence-corrected chi connectivity index (χ1v) is 11.4. The summed E-state index contributed by atoms with van der Waals surface area (Å²) >= 11 is 0. The molecule has 174 valence electrons. The number of fused-ring (bicyclic) bond motifs is 2. The number of amides is 1. The number of ether oxygens (including phenoxy) is 2. The Balaban J connectivity index is 1.41. The molecule has 1 unspecified atom stereocenters. The number of amidine groups is 1. The van der Waals surface area contributed by atoms with E-state index in [1.165, 1.54) is 12.1 Å². The van der Waals surface area contributed by atoms with Crippen molar-refractivity contribution in [1.82, 2.24) is 9.80 Å². The summed E-state index contributed by atoms with van der Waals surface area (Å²) in [6, 6.07) is 19.6. The van der Waals surface area contributed by atoms with Crippen LogP contribution >= 0.6 is 0 Å². The van der Waals surface area contributed by atoms with Crippen LogP contribution in [0.1, 0.15) is 18.1 Å². The van der Waals surface area contributed by atoms with Crippen LogP contribution in [-0.4, -0.2) is 54.3 Å². The van der Waals surface area contributed by atoms with E-state index in [4.69, 9.17) is 14.5 Å². The number of hydrogen-bond donors (Lipinski definition) is 0. The van der Waals surface area contributed by atoms with Crippen molar-refractivity contribution < 1.29 is 18.7 Å². The zero-order valence-corrected chi connectivity index (χ0v) is 19.2. The van der Waals surface area contributed by atoms with Crippen LogP contribution in [0.25, 0.3) is 0 Å². The Labute approximate surface area is 198 Å². The molecular weight excluding hydrogens is 433 g/mol. The molecule has 0 aromatic heterocycles. The van der Waals surface area contributed by atoms with Gasteiger partial charge in [-0.3, -0.25) is 4.79 Å². The molecule has 0 spiro atoms. The van der Waals surface area contributed by atoms with E-state index in [1.54, 1.807) is 19.2 Å². The Bertz CT molecular complexity index is 1240. The van der Waals surface area contributed by atoms with Gasteiger partial charge >= 0.3 is 0 Å². The van der Waals surface area contributed by atoms with Gasteiger partial charge in [-0.1, -0.05) is 30.3 Å². The van der Waals surface area contributed by atoms with Gasteiger partial charge in [0.2, 0.25) is 5.91 Å². The van der Waals surface area contributed by atoms with E-state index in [0.29, 0.717) is 36.9 Å². The fraction of sp³-hybridized carbons (Fsp3) is 0.259. The molecule has 0 bridgehead atoms. The average molecular weight is 460 g/mol. The molecule has 0 saturated carbocycles. The van der Waals surface area contributed by atoms with Crippen LogP contribution in [0.4, 0.5) is 10.1 Å². The second-order valence-electron chi connectivity index (χ2n) is 8.53. The number of para-hydroxylation sites is 3. The quantitative estimate of drug-likeness (QED) is 0.565. The molecule has 1 atom stereocenters. The van der Waals surface area contributed by atoms with Gasteiger partial charge in [0.25, 0.3) is 0 Å². The van der Waals surface area contributed by atoms with Crippen molar-refractivity contribution in [3.8, 4) is 17.2 Å². The van der Waals surface area contributed by atoms with E-state index < -0.39 is 0 Å². The van der Waals surface area contributed by atoms with Gasteiger partial charge in [-0.25, -0.2) is 9.38 Å². The highest BCUT2D eigenvalue weighted by atomic mass is 19.1. The van der Waals surface area contributed by atoms with Crippen molar-refractivity contribution >= 4 is 17.4 Å². The predicted molar refractivity (Wildman–Crippen MR) is 129 cm³/mol. The van der Waals surface area contributed by atoms with E-state index in [0.717, 1.165) is 22.6 Å². The first-order valence-electron chi connectivity index (χ1n) is 11.4. The van der Waals surface area contributed by atoms with Crippen LogP contribution in [0.2, 0.25) is 0 Å². The molecule has 2 heterocycles. The van der Waals surface area contributed by atoms with Crippen LogP contribution < -0.4 is 9.47 Å². The third-order valence-electron chi connectivity index (χ3n) is 6.26. The average Bonchev–Trinajstić information content (AvgIpc) is 3.02. The maximum absolute atomic E-state index is 13.2. The lowest BCUT2D eigenvalue weighted by atomic mass is 10.1. The molecule has 0 radical (unpaired) electrons. The summed E-state index contributed by atoms with van der Waals surface area (Å²) in [5, 5.41) is 0. The Morgan fingerprint density at radius 2 is 1.88 bits per heavy atom. The molecule has 1 saturated heterocycles. The summed E-state index contributed by atoms with van der Waals surface area (Å²) < 4.78 is 25.0. The van der Waals surface area contributed by atoms with E-state index in [1.807, 2.05) is 54.3 Å². The number of nitrogens with zero attached hydrogens (tertiary/aromatic N) is 3. The Hall–Kier alpha value is -3.87. The lowest BCUT2D eigenvalue weighted by molar-refractivity contribution is -0.134. The summed E-state index contributed by atoms with van der Waals surface area (Å²) in [5.41, 5.74) is 2.41. The van der Waals surface area contributed by atoms with Crippen LogP contribution in [0.15, 0.2) is 71.7 Å². The van der Waals surface area contributed by atoms with Gasteiger partial charge in [-0.15, -0.1) is 0 Å². The summed E-state index contributed by atoms with van der Waals surface area (Å²) in [7, 11) is 1.63. The number of halogens is 1. The minimum Gasteiger partial charge on any atom is -0.493 e. The molecule has 1 fully saturated rings. The van der Waals surface area contributed by atoms with Crippen molar-refractivity contribution in [2.24, 2.45) is 4.99 Å². The van der Waals surface area contributed by atoms with Gasteiger partial charge in [0, 0.05) is 25.7 Å². The smallest absolute Gasteiger partial charge is 0.227 e. The SMILES string of the molecule is COc1cccc2c1Oc1ccccc1N=C2N1CCN(C(=O)Cc2ccc(F)cc2)C(C)C1. The van der Waals surface area contributed by atoms with Gasteiger partial charge < -0.3 is 19.3 Å². The molecule has 34 heavy (non-hydrogen) atoms. The van der Waals surface area contributed by atoms with Crippen molar-refractivity contribution in [1.29, 1.82) is 0 Å². The maximum atomic E-state index is 13.2. The van der Waals surface area contributed by atoms with Gasteiger partial charge in [-0.2, -0.15) is 0 Å². The summed E-state index contributed by atoms with van der Waals surface area (Å²) in [6.45, 7) is 3.88. The minimum atomic E-state index is -0.301. The number of methoxy groups -OCH3 is 1. The van der Waals surface area contributed by atoms with E-state index in [-0.39, 0.29) is 24.2 Å². The number of benzene rings is 3. The Morgan fingerprint density at radius 3 is 2.65 bits per heavy atom. The summed E-state index contributed by atoms with van der Waals surface area (Å²) in [6.07, 6.45) is 0.257.